The summed E-state index contributed by atoms with van der Waals surface area (Å²) in [6.07, 6.45) is 6.86. The molecule has 0 N–H and O–H groups in total. The van der Waals surface area contributed by atoms with Crippen molar-refractivity contribution in [3.05, 3.63) is 54.6 Å². The van der Waals surface area contributed by atoms with Crippen molar-refractivity contribution in [1.82, 2.24) is 19.7 Å². The van der Waals surface area contributed by atoms with Crippen LogP contribution in [-0.2, 0) is 11.4 Å². The molecule has 1 aliphatic rings. The van der Waals surface area contributed by atoms with Gasteiger partial charge in [0.05, 0.1) is 18.0 Å². The highest BCUT2D eigenvalue weighted by Crippen LogP contribution is 2.25. The van der Waals surface area contributed by atoms with Crippen molar-refractivity contribution >= 4 is 5.71 Å². The predicted molar refractivity (Wildman–Crippen MR) is 101 cm³/mol. The van der Waals surface area contributed by atoms with Crippen LogP contribution in [0, 0.1) is 11.3 Å². The van der Waals surface area contributed by atoms with Gasteiger partial charge >= 0.3 is 0 Å². The average molecular weight is 358 g/mol. The van der Waals surface area contributed by atoms with Crippen molar-refractivity contribution in [2.45, 2.75) is 32.4 Å². The highest BCUT2D eigenvalue weighted by Gasteiger charge is 2.20. The maximum atomic E-state index is 9.25. The Labute approximate surface area is 156 Å². The van der Waals surface area contributed by atoms with E-state index in [-0.39, 0.29) is 6.10 Å². The zero-order valence-electron chi connectivity index (χ0n) is 14.9. The number of hydrogen-bond acceptors (Lipinski definition) is 6. The topological polar surface area (TPSA) is 89.0 Å². The lowest BCUT2D eigenvalue weighted by atomic mass is 10.0. The minimum absolute atomic E-state index is 0.0387. The van der Waals surface area contributed by atoms with Crippen LogP contribution in [0.1, 0.15) is 25.5 Å². The Hall–Kier alpha value is -3.53. The second-order valence-corrected chi connectivity index (χ2v) is 6.31. The van der Waals surface area contributed by atoms with Gasteiger partial charge in [0.1, 0.15) is 11.8 Å². The highest BCUT2D eigenvalue weighted by atomic mass is 16.6. The summed E-state index contributed by atoms with van der Waals surface area (Å²) >= 11 is 0. The molecule has 1 aromatic carbocycles. The molecule has 7 heteroatoms. The SMILES string of the molecule is CCC1=NOC(Cn2ccc(-c3cccc(-c4nccnc4C#N)c3)n2)C1. The summed E-state index contributed by atoms with van der Waals surface area (Å²) in [7, 11) is 0. The molecule has 0 spiro atoms. The molecule has 2 aromatic heterocycles. The zero-order chi connectivity index (χ0) is 18.6. The van der Waals surface area contributed by atoms with Gasteiger partial charge in [0.2, 0.25) is 0 Å². The van der Waals surface area contributed by atoms with Crippen molar-refractivity contribution in [3.63, 3.8) is 0 Å². The minimum atomic E-state index is 0.0387. The molecule has 4 rings (SSSR count). The summed E-state index contributed by atoms with van der Waals surface area (Å²) in [4.78, 5) is 13.8. The Bertz CT molecular complexity index is 1030. The van der Waals surface area contributed by atoms with E-state index in [1.807, 2.05) is 41.2 Å². The minimum Gasteiger partial charge on any atom is -0.390 e. The smallest absolute Gasteiger partial charge is 0.166 e. The standard InChI is InChI=1S/C20H18N6O/c1-2-16-11-17(27-25-16)13-26-9-6-18(24-26)14-4-3-5-15(10-14)20-19(12-21)22-7-8-23-20/h3-10,17H,2,11,13H2,1H3. The second kappa shape index (κ2) is 7.38. The van der Waals surface area contributed by atoms with E-state index < -0.39 is 0 Å². The van der Waals surface area contributed by atoms with E-state index in [1.54, 1.807) is 6.20 Å². The number of nitriles is 1. The Morgan fingerprint density at radius 1 is 1.22 bits per heavy atom. The quantitative estimate of drug-likeness (QED) is 0.697. The predicted octanol–water partition coefficient (Wildman–Crippen LogP) is 3.43. The molecule has 1 atom stereocenters. The summed E-state index contributed by atoms with van der Waals surface area (Å²) in [5.74, 6) is 0. The van der Waals surface area contributed by atoms with Gasteiger partial charge in [0, 0.05) is 36.1 Å². The molecular formula is C20H18N6O. The van der Waals surface area contributed by atoms with Gasteiger partial charge in [0.15, 0.2) is 11.8 Å². The third kappa shape index (κ3) is 3.55. The summed E-state index contributed by atoms with van der Waals surface area (Å²) in [6, 6.07) is 11.9. The van der Waals surface area contributed by atoms with Crippen molar-refractivity contribution in [2.24, 2.45) is 5.16 Å². The Morgan fingerprint density at radius 3 is 2.89 bits per heavy atom. The molecule has 0 saturated carbocycles. The molecule has 0 bridgehead atoms. The third-order valence-corrected chi connectivity index (χ3v) is 4.47. The Morgan fingerprint density at radius 2 is 2.07 bits per heavy atom. The van der Waals surface area contributed by atoms with E-state index in [0.29, 0.717) is 17.9 Å². The van der Waals surface area contributed by atoms with Gasteiger partial charge in [-0.3, -0.25) is 9.67 Å². The normalized spacial score (nSPS) is 15.9. The van der Waals surface area contributed by atoms with Gasteiger partial charge in [-0.15, -0.1) is 0 Å². The molecule has 1 aliphatic heterocycles. The van der Waals surface area contributed by atoms with E-state index >= 15 is 0 Å². The fraction of sp³-hybridized carbons (Fsp3) is 0.250. The highest BCUT2D eigenvalue weighted by molar-refractivity contribution is 5.85. The monoisotopic (exact) mass is 358 g/mol. The van der Waals surface area contributed by atoms with Crippen LogP contribution in [0.4, 0.5) is 0 Å². The first-order valence-electron chi connectivity index (χ1n) is 8.83. The zero-order valence-corrected chi connectivity index (χ0v) is 14.9. The molecule has 3 aromatic rings. The second-order valence-electron chi connectivity index (χ2n) is 6.31. The number of rotatable bonds is 5. The van der Waals surface area contributed by atoms with Gasteiger partial charge in [0.25, 0.3) is 0 Å². The molecule has 3 heterocycles. The van der Waals surface area contributed by atoms with E-state index in [2.05, 4.69) is 33.2 Å². The maximum Gasteiger partial charge on any atom is 0.166 e. The fourth-order valence-corrected chi connectivity index (χ4v) is 3.08. The van der Waals surface area contributed by atoms with E-state index in [1.165, 1.54) is 6.20 Å². The first-order chi connectivity index (χ1) is 13.3. The maximum absolute atomic E-state index is 9.25. The number of aromatic nitrogens is 4. The van der Waals surface area contributed by atoms with Gasteiger partial charge < -0.3 is 4.84 Å². The Balaban J connectivity index is 1.55. The van der Waals surface area contributed by atoms with Crippen LogP contribution >= 0.6 is 0 Å². The lowest BCUT2D eigenvalue weighted by Gasteiger charge is -2.08. The van der Waals surface area contributed by atoms with E-state index in [4.69, 9.17) is 4.84 Å². The molecule has 0 aliphatic carbocycles. The summed E-state index contributed by atoms with van der Waals surface area (Å²) in [6.45, 7) is 2.74. The first-order valence-corrected chi connectivity index (χ1v) is 8.83. The molecule has 7 nitrogen and oxygen atoms in total. The van der Waals surface area contributed by atoms with E-state index in [9.17, 15) is 5.26 Å². The summed E-state index contributed by atoms with van der Waals surface area (Å²) in [5.41, 5.74) is 4.63. The van der Waals surface area contributed by atoms with Crippen LogP contribution in [-0.4, -0.2) is 31.6 Å². The van der Waals surface area contributed by atoms with Crippen LogP contribution in [0.3, 0.4) is 0 Å². The van der Waals surface area contributed by atoms with Crippen LogP contribution in [0.5, 0.6) is 0 Å². The average Bonchev–Trinajstić information content (AvgIpc) is 3.38. The fourth-order valence-electron chi connectivity index (χ4n) is 3.08. The molecule has 0 amide bonds. The van der Waals surface area contributed by atoms with Crippen molar-refractivity contribution in [3.8, 4) is 28.6 Å². The summed E-state index contributed by atoms with van der Waals surface area (Å²) in [5, 5.41) is 18.0. The number of benzene rings is 1. The van der Waals surface area contributed by atoms with Crippen LogP contribution in [0.25, 0.3) is 22.5 Å². The van der Waals surface area contributed by atoms with Gasteiger partial charge in [-0.1, -0.05) is 30.3 Å². The van der Waals surface area contributed by atoms with Gasteiger partial charge in [-0.05, 0) is 18.6 Å². The van der Waals surface area contributed by atoms with Gasteiger partial charge in [-0.2, -0.15) is 10.4 Å². The number of nitrogens with zero attached hydrogens (tertiary/aromatic N) is 6. The van der Waals surface area contributed by atoms with Crippen LogP contribution in [0.2, 0.25) is 0 Å². The van der Waals surface area contributed by atoms with Crippen LogP contribution in [0.15, 0.2) is 54.1 Å². The van der Waals surface area contributed by atoms with Gasteiger partial charge in [-0.25, -0.2) is 4.98 Å². The third-order valence-electron chi connectivity index (χ3n) is 4.47. The molecule has 0 radical (unpaired) electrons. The summed E-state index contributed by atoms with van der Waals surface area (Å²) < 4.78 is 1.88. The van der Waals surface area contributed by atoms with E-state index in [0.717, 1.165) is 35.4 Å². The molecular weight excluding hydrogens is 340 g/mol. The lowest BCUT2D eigenvalue weighted by molar-refractivity contribution is 0.0698. The Kier molecular flexibility index (Phi) is 4.62. The molecule has 27 heavy (non-hydrogen) atoms. The number of oxime groups is 1. The largest absolute Gasteiger partial charge is 0.390 e. The van der Waals surface area contributed by atoms with Crippen molar-refractivity contribution in [2.75, 3.05) is 0 Å². The molecule has 134 valence electrons. The lowest BCUT2D eigenvalue weighted by Crippen LogP contribution is -2.16. The first kappa shape index (κ1) is 16.9. The molecule has 1 unspecified atom stereocenters. The van der Waals surface area contributed by atoms with Crippen molar-refractivity contribution in [1.29, 1.82) is 5.26 Å². The molecule has 0 saturated heterocycles. The van der Waals surface area contributed by atoms with Crippen LogP contribution < -0.4 is 0 Å². The van der Waals surface area contributed by atoms with Crippen molar-refractivity contribution < 1.29 is 4.84 Å². The number of hydrogen-bond donors (Lipinski definition) is 0. The molecule has 0 fully saturated rings.